The van der Waals surface area contributed by atoms with Crippen LogP contribution in [0.3, 0.4) is 0 Å². The molecule has 0 saturated carbocycles. The fourth-order valence-electron chi connectivity index (χ4n) is 4.66. The van der Waals surface area contributed by atoms with Crippen molar-refractivity contribution in [3.63, 3.8) is 0 Å². The van der Waals surface area contributed by atoms with Crippen molar-refractivity contribution in [2.24, 2.45) is 4.99 Å². The first-order chi connectivity index (χ1) is 19.9. The number of hydrogen-bond acceptors (Lipinski definition) is 7. The molecule has 3 aromatic carbocycles. The van der Waals surface area contributed by atoms with Crippen LogP contribution in [0.2, 0.25) is 0 Å². The lowest BCUT2D eigenvalue weighted by atomic mass is 9.95. The quantitative estimate of drug-likeness (QED) is 0.246. The maximum atomic E-state index is 14.1. The minimum absolute atomic E-state index is 0.0230. The van der Waals surface area contributed by atoms with Crippen molar-refractivity contribution in [3.05, 3.63) is 125 Å². The predicted molar refractivity (Wildman–Crippen MR) is 158 cm³/mol. The summed E-state index contributed by atoms with van der Waals surface area (Å²) in [6.07, 6.45) is 2.24. The fraction of sp³-hybridized carbons (Fsp3) is 0.194. The number of allylic oxidation sites excluding steroid dienone is 1. The highest BCUT2D eigenvalue weighted by atomic mass is 79.9. The summed E-state index contributed by atoms with van der Waals surface area (Å²) in [6.45, 7) is 1.94. The first-order valence-electron chi connectivity index (χ1n) is 12.8. The number of carbonyl (C=O) groups is 1. The Morgan fingerprint density at radius 3 is 2.51 bits per heavy atom. The van der Waals surface area contributed by atoms with Gasteiger partial charge in [-0.1, -0.05) is 82.7 Å². The highest BCUT2D eigenvalue weighted by Crippen LogP contribution is 2.35. The maximum Gasteiger partial charge on any atom is 0.338 e. The number of methoxy groups -OCH3 is 2. The number of rotatable bonds is 8. The number of nitrogens with zero attached hydrogens (tertiary/aromatic N) is 2. The van der Waals surface area contributed by atoms with Gasteiger partial charge in [-0.25, -0.2) is 14.2 Å². The molecule has 0 saturated heterocycles. The van der Waals surface area contributed by atoms with Crippen molar-refractivity contribution in [1.29, 1.82) is 0 Å². The first kappa shape index (κ1) is 28.5. The van der Waals surface area contributed by atoms with Gasteiger partial charge in [-0.15, -0.1) is 0 Å². The average Bonchev–Trinajstić information content (AvgIpc) is 3.30. The van der Waals surface area contributed by atoms with Gasteiger partial charge in [0.1, 0.15) is 12.4 Å². The van der Waals surface area contributed by atoms with Crippen molar-refractivity contribution in [1.82, 2.24) is 4.57 Å². The molecule has 1 aliphatic heterocycles. The van der Waals surface area contributed by atoms with E-state index < -0.39 is 12.0 Å². The van der Waals surface area contributed by atoms with E-state index in [1.807, 2.05) is 37.3 Å². The van der Waals surface area contributed by atoms with Gasteiger partial charge in [-0.3, -0.25) is 9.36 Å². The lowest BCUT2D eigenvalue weighted by molar-refractivity contribution is -0.136. The summed E-state index contributed by atoms with van der Waals surface area (Å²) in [5, 5.41) is 0. The van der Waals surface area contributed by atoms with Gasteiger partial charge >= 0.3 is 5.97 Å². The normalized spacial score (nSPS) is 14.9. The molecule has 0 radical (unpaired) electrons. The van der Waals surface area contributed by atoms with Crippen LogP contribution in [0.4, 0.5) is 4.39 Å². The molecule has 7 nitrogen and oxygen atoms in total. The fourth-order valence-corrected chi connectivity index (χ4v) is 6.11. The van der Waals surface area contributed by atoms with Crippen LogP contribution in [-0.4, -0.2) is 24.8 Å². The van der Waals surface area contributed by atoms with E-state index in [0.717, 1.165) is 5.56 Å². The highest BCUT2D eigenvalue weighted by molar-refractivity contribution is 9.10. The van der Waals surface area contributed by atoms with Gasteiger partial charge in [0, 0.05) is 10.0 Å². The lowest BCUT2D eigenvalue weighted by Crippen LogP contribution is -2.40. The summed E-state index contributed by atoms with van der Waals surface area (Å²) in [4.78, 5) is 32.0. The van der Waals surface area contributed by atoms with E-state index in [1.165, 1.54) is 31.6 Å². The standard InChI is InChI=1S/C31H26BrFN2O5S/c1-4-23-27(30(37)39-3)28(18-10-6-5-7-11-18)35-29(36)26(41-31(35)34-23)15-20-14-24(38-2)25(16-21(20)32)40-17-19-12-8-9-13-22(19)33/h5-16,28H,4,17H2,1-3H3/b26-15-/t28-/m1/s1. The molecule has 0 spiro atoms. The highest BCUT2D eigenvalue weighted by Gasteiger charge is 2.33. The van der Waals surface area contributed by atoms with E-state index in [2.05, 4.69) is 15.9 Å². The van der Waals surface area contributed by atoms with E-state index in [1.54, 1.807) is 41.0 Å². The molecular weight excluding hydrogens is 611 g/mol. The molecule has 4 aromatic rings. The van der Waals surface area contributed by atoms with E-state index in [-0.39, 0.29) is 18.0 Å². The van der Waals surface area contributed by atoms with Crippen LogP contribution in [0.1, 0.15) is 36.1 Å². The molecule has 10 heteroatoms. The van der Waals surface area contributed by atoms with Crippen LogP contribution in [-0.2, 0) is 16.1 Å². The predicted octanol–water partition coefficient (Wildman–Crippen LogP) is 5.29. The lowest BCUT2D eigenvalue weighted by Gasteiger charge is -2.25. The van der Waals surface area contributed by atoms with Crippen molar-refractivity contribution in [3.8, 4) is 11.5 Å². The Kier molecular flexibility index (Phi) is 8.51. The number of esters is 1. The van der Waals surface area contributed by atoms with Crippen molar-refractivity contribution >= 4 is 39.3 Å². The van der Waals surface area contributed by atoms with E-state index in [9.17, 15) is 14.0 Å². The molecule has 0 unspecified atom stereocenters. The summed E-state index contributed by atoms with van der Waals surface area (Å²) in [7, 11) is 2.84. The number of thiazole rings is 1. The van der Waals surface area contributed by atoms with Crippen LogP contribution >= 0.6 is 27.3 Å². The summed E-state index contributed by atoms with van der Waals surface area (Å²) >= 11 is 4.81. The number of carbonyl (C=O) groups excluding carboxylic acids is 1. The Morgan fingerprint density at radius 1 is 1.10 bits per heavy atom. The Labute approximate surface area is 248 Å². The number of hydrogen-bond donors (Lipinski definition) is 0. The van der Waals surface area contributed by atoms with Crippen molar-refractivity contribution < 1.29 is 23.4 Å². The molecular formula is C31H26BrFN2O5S. The third kappa shape index (κ3) is 5.62. The topological polar surface area (TPSA) is 79.1 Å². The van der Waals surface area contributed by atoms with Crippen LogP contribution < -0.4 is 24.4 Å². The summed E-state index contributed by atoms with van der Waals surface area (Å²) in [5.74, 6) is -0.0345. The third-order valence-electron chi connectivity index (χ3n) is 6.68. The number of benzene rings is 3. The average molecular weight is 638 g/mol. The summed E-state index contributed by atoms with van der Waals surface area (Å²) in [5.41, 5.74) is 2.51. The number of fused-ring (bicyclic) bond motifs is 1. The smallest absolute Gasteiger partial charge is 0.338 e. The second kappa shape index (κ2) is 12.2. The Hall–Kier alpha value is -4.02. The molecule has 0 aliphatic carbocycles. The molecule has 0 N–H and O–H groups in total. The van der Waals surface area contributed by atoms with Crippen LogP contribution in [0.15, 0.2) is 92.3 Å². The van der Waals surface area contributed by atoms with Crippen LogP contribution in [0.25, 0.3) is 6.08 Å². The minimum atomic E-state index is -0.677. The van der Waals surface area contributed by atoms with E-state index >= 15 is 0 Å². The molecule has 1 atom stereocenters. The van der Waals surface area contributed by atoms with E-state index in [0.29, 0.717) is 54.1 Å². The molecule has 1 aliphatic rings. The molecule has 0 fully saturated rings. The zero-order chi connectivity index (χ0) is 29.1. The van der Waals surface area contributed by atoms with Gasteiger partial charge in [-0.2, -0.15) is 0 Å². The zero-order valence-electron chi connectivity index (χ0n) is 22.5. The molecule has 0 bridgehead atoms. The van der Waals surface area contributed by atoms with Crippen molar-refractivity contribution in [2.45, 2.75) is 26.0 Å². The first-order valence-corrected chi connectivity index (χ1v) is 14.4. The summed E-state index contributed by atoms with van der Waals surface area (Å²) < 4.78 is 33.2. The molecule has 210 valence electrons. The van der Waals surface area contributed by atoms with Crippen LogP contribution in [0, 0.1) is 5.82 Å². The zero-order valence-corrected chi connectivity index (χ0v) is 24.9. The van der Waals surface area contributed by atoms with Crippen molar-refractivity contribution in [2.75, 3.05) is 14.2 Å². The number of aromatic nitrogens is 1. The van der Waals surface area contributed by atoms with Crippen LogP contribution in [0.5, 0.6) is 11.5 Å². The maximum absolute atomic E-state index is 14.1. The molecule has 2 heterocycles. The molecule has 1 aromatic heterocycles. The van der Waals surface area contributed by atoms with Gasteiger partial charge < -0.3 is 14.2 Å². The Bertz CT molecular complexity index is 1830. The second-order valence-corrected chi connectivity index (χ2v) is 11.0. The molecule has 5 rings (SSSR count). The van der Waals surface area contributed by atoms with E-state index in [4.69, 9.17) is 19.2 Å². The number of halogens is 2. The van der Waals surface area contributed by atoms with Gasteiger partial charge in [0.15, 0.2) is 16.3 Å². The molecule has 41 heavy (non-hydrogen) atoms. The Balaban J connectivity index is 1.60. The van der Waals surface area contributed by atoms with Gasteiger partial charge in [0.05, 0.1) is 36.1 Å². The Morgan fingerprint density at radius 2 is 1.83 bits per heavy atom. The van der Waals surface area contributed by atoms with Gasteiger partial charge in [0.25, 0.3) is 5.56 Å². The third-order valence-corrected chi connectivity index (χ3v) is 8.35. The molecule has 0 amide bonds. The van der Waals surface area contributed by atoms with Gasteiger partial charge in [-0.05, 0) is 41.8 Å². The minimum Gasteiger partial charge on any atom is -0.493 e. The largest absolute Gasteiger partial charge is 0.493 e. The SMILES string of the molecule is CCC1=C(C(=O)OC)[C@@H](c2ccccc2)n2c(s/c(=C\c3cc(OC)c(OCc4ccccc4F)cc3Br)c2=O)=N1. The summed E-state index contributed by atoms with van der Waals surface area (Å²) in [6, 6.07) is 18.6. The number of ether oxygens (including phenoxy) is 3. The van der Waals surface area contributed by atoms with Gasteiger partial charge in [0.2, 0.25) is 0 Å². The second-order valence-electron chi connectivity index (χ2n) is 9.10. The monoisotopic (exact) mass is 636 g/mol.